The molecule has 0 atom stereocenters. The molecule has 0 saturated carbocycles. The highest BCUT2D eigenvalue weighted by Crippen LogP contribution is 2.28. The van der Waals surface area contributed by atoms with Gasteiger partial charge in [0.25, 0.3) is 5.91 Å². The van der Waals surface area contributed by atoms with Crippen LogP contribution in [-0.4, -0.2) is 17.4 Å². The maximum atomic E-state index is 12.8. The number of hydrogen-bond donors (Lipinski definition) is 0. The minimum atomic E-state index is 0.147. The van der Waals surface area contributed by atoms with Gasteiger partial charge in [-0.15, -0.1) is 0 Å². The average Bonchev–Trinajstić information content (AvgIpc) is 2.52. The van der Waals surface area contributed by atoms with Crippen molar-refractivity contribution in [3.63, 3.8) is 0 Å². The van der Waals surface area contributed by atoms with Gasteiger partial charge in [0.2, 0.25) is 0 Å². The summed E-state index contributed by atoms with van der Waals surface area (Å²) in [5, 5.41) is 0. The van der Waals surface area contributed by atoms with Gasteiger partial charge in [0.15, 0.2) is 0 Å². The summed E-state index contributed by atoms with van der Waals surface area (Å²) >= 11 is 0. The Morgan fingerprint density at radius 1 is 0.952 bits per heavy atom. The second kappa shape index (κ2) is 5.96. The summed E-state index contributed by atoms with van der Waals surface area (Å²) in [5.74, 6) is 0.147. The molecule has 0 radical (unpaired) electrons. The molecule has 2 heteroatoms. The van der Waals surface area contributed by atoms with E-state index < -0.39 is 0 Å². The molecule has 3 rings (SSSR count). The second-order valence-corrected chi connectivity index (χ2v) is 5.48. The summed E-state index contributed by atoms with van der Waals surface area (Å²) in [4.78, 5) is 14.8. The van der Waals surface area contributed by atoms with E-state index in [1.165, 1.54) is 11.1 Å². The second-order valence-electron chi connectivity index (χ2n) is 5.48. The van der Waals surface area contributed by atoms with Gasteiger partial charge in [-0.2, -0.15) is 0 Å². The van der Waals surface area contributed by atoms with Gasteiger partial charge in [0.05, 0.1) is 0 Å². The van der Waals surface area contributed by atoms with Crippen LogP contribution in [0.2, 0.25) is 0 Å². The van der Waals surface area contributed by atoms with Crippen molar-refractivity contribution in [1.82, 2.24) is 4.90 Å². The molecule has 2 aromatic carbocycles. The van der Waals surface area contributed by atoms with E-state index in [-0.39, 0.29) is 5.91 Å². The number of hydrogen-bond acceptors (Lipinski definition) is 1. The number of amides is 1. The number of nitrogens with zero attached hydrogens (tertiary/aromatic N) is 1. The van der Waals surface area contributed by atoms with Crippen LogP contribution in [0.5, 0.6) is 0 Å². The Labute approximate surface area is 125 Å². The number of carbonyl (C=O) groups excluding carboxylic acids is 1. The van der Waals surface area contributed by atoms with Crippen LogP contribution in [0, 0.1) is 0 Å². The zero-order chi connectivity index (χ0) is 14.7. The molecule has 0 spiro atoms. The van der Waals surface area contributed by atoms with E-state index in [2.05, 4.69) is 19.1 Å². The van der Waals surface area contributed by atoms with Gasteiger partial charge in [-0.1, -0.05) is 66.2 Å². The van der Waals surface area contributed by atoms with Crippen molar-refractivity contribution >= 4 is 11.5 Å². The lowest BCUT2D eigenvalue weighted by molar-refractivity contribution is -0.126. The van der Waals surface area contributed by atoms with E-state index in [0.29, 0.717) is 6.54 Å². The van der Waals surface area contributed by atoms with Crippen LogP contribution in [0.4, 0.5) is 0 Å². The van der Waals surface area contributed by atoms with Gasteiger partial charge in [0, 0.05) is 18.7 Å². The highest BCUT2D eigenvalue weighted by molar-refractivity contribution is 6.20. The zero-order valence-electron chi connectivity index (χ0n) is 12.3. The van der Waals surface area contributed by atoms with Gasteiger partial charge in [-0.25, -0.2) is 0 Å². The summed E-state index contributed by atoms with van der Waals surface area (Å²) in [5.41, 5.74) is 4.27. The van der Waals surface area contributed by atoms with Crippen LogP contribution in [0.25, 0.3) is 5.57 Å². The molecule has 0 fully saturated rings. The lowest BCUT2D eigenvalue weighted by Crippen LogP contribution is -2.35. The van der Waals surface area contributed by atoms with Gasteiger partial charge < -0.3 is 4.90 Å². The van der Waals surface area contributed by atoms with E-state index in [4.69, 9.17) is 0 Å². The first-order chi connectivity index (χ1) is 10.3. The van der Waals surface area contributed by atoms with Gasteiger partial charge in [-0.3, -0.25) is 4.79 Å². The molecule has 2 nitrogen and oxygen atoms in total. The summed E-state index contributed by atoms with van der Waals surface area (Å²) in [7, 11) is 0. The Morgan fingerprint density at radius 2 is 1.57 bits per heavy atom. The lowest BCUT2D eigenvalue weighted by Gasteiger charge is -2.30. The first-order valence-corrected chi connectivity index (χ1v) is 7.34. The van der Waals surface area contributed by atoms with Crippen molar-refractivity contribution in [1.29, 1.82) is 0 Å². The summed E-state index contributed by atoms with van der Waals surface area (Å²) in [6, 6.07) is 20.2. The number of carbonyl (C=O) groups is 1. The van der Waals surface area contributed by atoms with Crippen molar-refractivity contribution in [2.45, 2.75) is 19.9 Å². The normalized spacial score (nSPS) is 15.5. The fourth-order valence-corrected chi connectivity index (χ4v) is 2.80. The first-order valence-electron chi connectivity index (χ1n) is 7.34. The van der Waals surface area contributed by atoms with Crippen molar-refractivity contribution in [2.24, 2.45) is 0 Å². The molecular formula is C19H19NO. The van der Waals surface area contributed by atoms with Crippen LogP contribution >= 0.6 is 0 Å². The van der Waals surface area contributed by atoms with Crippen molar-refractivity contribution in [2.75, 3.05) is 6.54 Å². The van der Waals surface area contributed by atoms with E-state index in [1.54, 1.807) is 0 Å². The largest absolute Gasteiger partial charge is 0.334 e. The zero-order valence-corrected chi connectivity index (χ0v) is 12.3. The topological polar surface area (TPSA) is 20.3 Å². The number of rotatable bonds is 3. The van der Waals surface area contributed by atoms with Gasteiger partial charge >= 0.3 is 0 Å². The molecule has 2 aromatic rings. The molecule has 0 bridgehead atoms. The fourth-order valence-electron chi connectivity index (χ4n) is 2.80. The Hall–Kier alpha value is -2.35. The minimum absolute atomic E-state index is 0.147. The standard InChI is InChI=1S/C19H19NO/c1-15-12-13-20(14-16-8-4-2-5-9-16)19(21)18(15)17-10-6-3-7-11-17/h2-11H,12-14H2,1H3. The molecule has 0 N–H and O–H groups in total. The number of benzene rings is 2. The predicted molar refractivity (Wildman–Crippen MR) is 85.5 cm³/mol. The maximum absolute atomic E-state index is 12.8. The summed E-state index contributed by atoms with van der Waals surface area (Å²) < 4.78 is 0. The first kappa shape index (κ1) is 13.6. The quantitative estimate of drug-likeness (QED) is 0.833. The molecule has 1 aliphatic rings. The molecule has 1 aliphatic heterocycles. The molecular weight excluding hydrogens is 258 g/mol. The molecule has 0 aromatic heterocycles. The molecule has 0 aliphatic carbocycles. The monoisotopic (exact) mass is 277 g/mol. The molecule has 0 unspecified atom stereocenters. The van der Waals surface area contributed by atoms with Crippen LogP contribution < -0.4 is 0 Å². The Balaban J connectivity index is 1.87. The summed E-state index contributed by atoms with van der Waals surface area (Å²) in [6.07, 6.45) is 0.947. The third kappa shape index (κ3) is 2.89. The fraction of sp³-hybridized carbons (Fsp3) is 0.211. The van der Waals surface area contributed by atoms with Crippen LogP contribution in [0.1, 0.15) is 24.5 Å². The van der Waals surface area contributed by atoms with E-state index in [1.807, 2.05) is 53.4 Å². The minimum Gasteiger partial charge on any atom is -0.334 e. The van der Waals surface area contributed by atoms with Crippen LogP contribution in [0.15, 0.2) is 66.2 Å². The Morgan fingerprint density at radius 3 is 2.24 bits per heavy atom. The van der Waals surface area contributed by atoms with Crippen molar-refractivity contribution in [3.05, 3.63) is 77.4 Å². The third-order valence-electron chi connectivity index (χ3n) is 3.96. The molecule has 1 amide bonds. The molecule has 21 heavy (non-hydrogen) atoms. The van der Waals surface area contributed by atoms with Gasteiger partial charge in [0.1, 0.15) is 0 Å². The van der Waals surface area contributed by atoms with Crippen LogP contribution in [-0.2, 0) is 11.3 Å². The highest BCUT2D eigenvalue weighted by atomic mass is 16.2. The van der Waals surface area contributed by atoms with Gasteiger partial charge in [-0.05, 0) is 24.5 Å². The van der Waals surface area contributed by atoms with E-state index >= 15 is 0 Å². The highest BCUT2D eigenvalue weighted by Gasteiger charge is 2.25. The lowest BCUT2D eigenvalue weighted by atomic mass is 9.94. The van der Waals surface area contributed by atoms with E-state index in [9.17, 15) is 4.79 Å². The van der Waals surface area contributed by atoms with E-state index in [0.717, 1.165) is 24.1 Å². The predicted octanol–water partition coefficient (Wildman–Crippen LogP) is 3.89. The summed E-state index contributed by atoms with van der Waals surface area (Å²) in [6.45, 7) is 3.55. The Bertz CT molecular complexity index is 658. The van der Waals surface area contributed by atoms with Crippen molar-refractivity contribution < 1.29 is 4.79 Å². The maximum Gasteiger partial charge on any atom is 0.254 e. The smallest absolute Gasteiger partial charge is 0.254 e. The van der Waals surface area contributed by atoms with Crippen LogP contribution in [0.3, 0.4) is 0 Å². The third-order valence-corrected chi connectivity index (χ3v) is 3.96. The van der Waals surface area contributed by atoms with Crippen molar-refractivity contribution in [3.8, 4) is 0 Å². The Kier molecular flexibility index (Phi) is 3.87. The SMILES string of the molecule is CC1=C(c2ccccc2)C(=O)N(Cc2ccccc2)CC1. The molecule has 0 saturated heterocycles. The molecule has 1 heterocycles. The average molecular weight is 277 g/mol. The molecule has 106 valence electrons.